The fourth-order valence-corrected chi connectivity index (χ4v) is 3.89. The summed E-state index contributed by atoms with van der Waals surface area (Å²) in [5.41, 5.74) is 2.61. The molecule has 27 heavy (non-hydrogen) atoms. The minimum atomic E-state index is -0.230. The third kappa shape index (κ3) is 4.16. The molecule has 0 saturated carbocycles. The Bertz CT molecular complexity index is 909. The summed E-state index contributed by atoms with van der Waals surface area (Å²) in [5.74, 6) is 1.27. The number of hydrogen-bond acceptors (Lipinski definition) is 2. The molecule has 4 rings (SSSR count). The summed E-state index contributed by atoms with van der Waals surface area (Å²) in [7, 11) is 0. The molecule has 0 aliphatic carbocycles. The maximum atomic E-state index is 12.3. The van der Waals surface area contributed by atoms with E-state index in [1.807, 2.05) is 35.2 Å². The number of hydrogen-bond donors (Lipinski definition) is 0. The average molecular weight is 362 g/mol. The van der Waals surface area contributed by atoms with Gasteiger partial charge < -0.3 is 14.2 Å². The van der Waals surface area contributed by atoms with Gasteiger partial charge in [0, 0.05) is 31.3 Å². The minimum absolute atomic E-state index is 0.230. The topological polar surface area (TPSA) is 34.5 Å². The number of ether oxygens (including phenoxy) is 1. The third-order valence-corrected chi connectivity index (χ3v) is 5.53. The van der Waals surface area contributed by atoms with Crippen LogP contribution in [0.5, 0.6) is 5.75 Å². The number of piperidine rings is 1. The van der Waals surface area contributed by atoms with Crippen LogP contribution in [0.4, 0.5) is 4.79 Å². The van der Waals surface area contributed by atoms with Crippen molar-refractivity contribution in [3.05, 3.63) is 66.4 Å². The highest BCUT2D eigenvalue weighted by Crippen LogP contribution is 2.24. The van der Waals surface area contributed by atoms with Crippen LogP contribution in [0, 0.1) is 12.8 Å². The molecule has 0 spiro atoms. The monoisotopic (exact) mass is 362 g/mol. The number of aryl methyl sites for hydroxylation is 2. The van der Waals surface area contributed by atoms with Gasteiger partial charge in [0.1, 0.15) is 5.75 Å². The first-order chi connectivity index (χ1) is 13.2. The molecule has 3 aromatic rings. The lowest BCUT2D eigenvalue weighted by Gasteiger charge is -2.31. The van der Waals surface area contributed by atoms with Gasteiger partial charge in [-0.05, 0) is 67.8 Å². The summed E-state index contributed by atoms with van der Waals surface area (Å²) in [6, 6.07) is 18.1. The second kappa shape index (κ2) is 7.87. The van der Waals surface area contributed by atoms with Crippen molar-refractivity contribution in [2.45, 2.75) is 32.7 Å². The van der Waals surface area contributed by atoms with E-state index in [0.29, 0.717) is 11.7 Å². The molecule has 2 heterocycles. The lowest BCUT2D eigenvalue weighted by Crippen LogP contribution is -2.40. The van der Waals surface area contributed by atoms with Crippen molar-refractivity contribution in [3.63, 3.8) is 0 Å². The van der Waals surface area contributed by atoms with Gasteiger partial charge in [0.2, 0.25) is 0 Å². The van der Waals surface area contributed by atoms with Crippen LogP contribution < -0.4 is 4.74 Å². The smallest absolute Gasteiger partial charge is 0.410 e. The van der Waals surface area contributed by atoms with Crippen LogP contribution in [0.3, 0.4) is 0 Å². The number of benzene rings is 2. The molecule has 0 unspecified atom stereocenters. The van der Waals surface area contributed by atoms with Crippen LogP contribution in [0.15, 0.2) is 60.8 Å². The van der Waals surface area contributed by atoms with Crippen molar-refractivity contribution in [1.29, 1.82) is 0 Å². The zero-order valence-corrected chi connectivity index (χ0v) is 15.8. The first-order valence-electron chi connectivity index (χ1n) is 9.76. The molecule has 4 nitrogen and oxygen atoms in total. The van der Waals surface area contributed by atoms with E-state index in [9.17, 15) is 4.79 Å². The fraction of sp³-hybridized carbons (Fsp3) is 0.348. The van der Waals surface area contributed by atoms with Gasteiger partial charge in [0.05, 0.1) is 0 Å². The number of amides is 1. The van der Waals surface area contributed by atoms with E-state index >= 15 is 0 Å². The van der Waals surface area contributed by atoms with E-state index in [1.165, 1.54) is 16.5 Å². The van der Waals surface area contributed by atoms with Crippen LogP contribution in [0.1, 0.15) is 24.8 Å². The molecule has 1 aliphatic rings. The molecule has 1 aliphatic heterocycles. The van der Waals surface area contributed by atoms with Crippen LogP contribution in [0.25, 0.3) is 10.9 Å². The van der Waals surface area contributed by atoms with Crippen molar-refractivity contribution in [1.82, 2.24) is 9.47 Å². The molecule has 1 saturated heterocycles. The van der Waals surface area contributed by atoms with Crippen LogP contribution in [0.2, 0.25) is 0 Å². The summed E-state index contributed by atoms with van der Waals surface area (Å²) < 4.78 is 7.80. The Morgan fingerprint density at radius 3 is 2.63 bits per heavy atom. The standard InChI is InChI=1S/C23H26N2O2/c1-18-7-8-22-20(17-18)12-16-24(22)13-9-19-10-14-25(15-11-19)23(26)27-21-5-3-2-4-6-21/h2-8,12,16-17,19H,9-11,13-15H2,1H3. The lowest BCUT2D eigenvalue weighted by atomic mass is 9.94. The molecule has 0 radical (unpaired) electrons. The Morgan fingerprint density at radius 1 is 1.07 bits per heavy atom. The quantitative estimate of drug-likeness (QED) is 0.635. The summed E-state index contributed by atoms with van der Waals surface area (Å²) in [4.78, 5) is 14.1. The largest absolute Gasteiger partial charge is 0.415 e. The fourth-order valence-electron chi connectivity index (χ4n) is 3.89. The number of likely N-dealkylation sites (tertiary alicyclic amines) is 1. The van der Waals surface area contributed by atoms with Crippen molar-refractivity contribution < 1.29 is 9.53 Å². The molecular formula is C23H26N2O2. The zero-order valence-electron chi connectivity index (χ0n) is 15.8. The predicted octanol–water partition coefficient (Wildman–Crippen LogP) is 5.25. The van der Waals surface area contributed by atoms with Gasteiger partial charge in [-0.1, -0.05) is 29.8 Å². The lowest BCUT2D eigenvalue weighted by molar-refractivity contribution is 0.128. The van der Waals surface area contributed by atoms with Crippen molar-refractivity contribution >= 4 is 17.0 Å². The van der Waals surface area contributed by atoms with Crippen molar-refractivity contribution in [2.24, 2.45) is 5.92 Å². The highest BCUT2D eigenvalue weighted by molar-refractivity contribution is 5.80. The Hall–Kier alpha value is -2.75. The predicted molar refractivity (Wildman–Crippen MR) is 108 cm³/mol. The van der Waals surface area contributed by atoms with Crippen LogP contribution >= 0.6 is 0 Å². The van der Waals surface area contributed by atoms with Gasteiger partial charge in [0.15, 0.2) is 0 Å². The van der Waals surface area contributed by atoms with Gasteiger partial charge in [0.25, 0.3) is 0 Å². The summed E-state index contributed by atoms with van der Waals surface area (Å²) >= 11 is 0. The second-order valence-electron chi connectivity index (χ2n) is 7.47. The van der Waals surface area contributed by atoms with Crippen LogP contribution in [-0.4, -0.2) is 28.6 Å². The number of carbonyl (C=O) groups excluding carboxylic acids is 1. The van der Waals surface area contributed by atoms with E-state index in [2.05, 4.69) is 42.0 Å². The molecule has 4 heteroatoms. The number of fused-ring (bicyclic) bond motifs is 1. The zero-order chi connectivity index (χ0) is 18.6. The van der Waals surface area contributed by atoms with Gasteiger partial charge in [-0.3, -0.25) is 0 Å². The number of para-hydroxylation sites is 1. The number of nitrogens with zero attached hydrogens (tertiary/aromatic N) is 2. The number of rotatable bonds is 4. The molecule has 2 aromatic carbocycles. The van der Waals surface area contributed by atoms with Gasteiger partial charge in [-0.25, -0.2) is 4.79 Å². The molecule has 0 bridgehead atoms. The highest BCUT2D eigenvalue weighted by atomic mass is 16.6. The highest BCUT2D eigenvalue weighted by Gasteiger charge is 2.24. The van der Waals surface area contributed by atoms with E-state index in [1.54, 1.807) is 0 Å². The maximum Gasteiger partial charge on any atom is 0.415 e. The van der Waals surface area contributed by atoms with E-state index in [-0.39, 0.29) is 6.09 Å². The van der Waals surface area contributed by atoms with E-state index in [0.717, 1.165) is 38.9 Å². The first-order valence-corrected chi connectivity index (χ1v) is 9.76. The summed E-state index contributed by atoms with van der Waals surface area (Å²) in [6.45, 7) is 4.73. The molecule has 0 atom stereocenters. The van der Waals surface area contributed by atoms with Crippen LogP contribution in [-0.2, 0) is 6.54 Å². The van der Waals surface area contributed by atoms with Gasteiger partial charge in [-0.15, -0.1) is 0 Å². The third-order valence-electron chi connectivity index (χ3n) is 5.53. The summed E-state index contributed by atoms with van der Waals surface area (Å²) in [5, 5.41) is 1.31. The molecular weight excluding hydrogens is 336 g/mol. The molecule has 1 fully saturated rings. The Kier molecular flexibility index (Phi) is 5.14. The van der Waals surface area contributed by atoms with Gasteiger partial charge in [-0.2, -0.15) is 0 Å². The average Bonchev–Trinajstić information content (AvgIpc) is 3.09. The van der Waals surface area contributed by atoms with Crippen molar-refractivity contribution in [3.8, 4) is 5.75 Å². The number of carbonyl (C=O) groups is 1. The first kappa shape index (κ1) is 17.7. The Morgan fingerprint density at radius 2 is 1.85 bits per heavy atom. The maximum absolute atomic E-state index is 12.3. The van der Waals surface area contributed by atoms with E-state index < -0.39 is 0 Å². The second-order valence-corrected chi connectivity index (χ2v) is 7.47. The molecule has 1 amide bonds. The SMILES string of the molecule is Cc1ccc2c(ccn2CCC2CCN(C(=O)Oc3ccccc3)CC2)c1. The van der Waals surface area contributed by atoms with Gasteiger partial charge >= 0.3 is 6.09 Å². The molecule has 0 N–H and O–H groups in total. The molecule has 1 aromatic heterocycles. The Balaban J connectivity index is 1.27. The molecule has 140 valence electrons. The van der Waals surface area contributed by atoms with Crippen molar-refractivity contribution in [2.75, 3.05) is 13.1 Å². The number of aromatic nitrogens is 1. The summed E-state index contributed by atoms with van der Waals surface area (Å²) in [6.07, 6.45) is 5.20. The minimum Gasteiger partial charge on any atom is -0.410 e. The van der Waals surface area contributed by atoms with E-state index in [4.69, 9.17) is 4.74 Å². The normalized spacial score (nSPS) is 15.2. The Labute approximate surface area is 160 Å².